The Kier molecular flexibility index (Phi) is 7.19. The molecule has 3 N–H and O–H groups in total. The van der Waals surface area contributed by atoms with Crippen molar-refractivity contribution >= 4 is 29.5 Å². The number of ether oxygens (including phenoxy) is 1. The number of carbonyl (C=O) groups excluding carboxylic acids is 2. The van der Waals surface area contributed by atoms with Crippen molar-refractivity contribution in [2.45, 2.75) is 45.3 Å². The zero-order valence-corrected chi connectivity index (χ0v) is 21.3. The number of hydrogen-bond acceptors (Lipinski definition) is 5. The number of nitrogen functional groups attached to an aromatic ring is 1. The normalized spacial score (nSPS) is 14.8. The second-order valence-corrected chi connectivity index (χ2v) is 10.0. The number of rotatable bonds is 5. The zero-order chi connectivity index (χ0) is 25.9. The van der Waals surface area contributed by atoms with Crippen LogP contribution in [0.1, 0.15) is 45.3 Å². The van der Waals surface area contributed by atoms with Crippen LogP contribution in [0.2, 0.25) is 0 Å². The first-order valence-corrected chi connectivity index (χ1v) is 12.1. The lowest BCUT2D eigenvalue weighted by atomic mass is 10.1. The fraction of sp³-hybridized carbons (Fsp3) is 0.370. The van der Waals surface area contributed by atoms with E-state index in [-0.39, 0.29) is 18.0 Å². The van der Waals surface area contributed by atoms with E-state index in [9.17, 15) is 9.59 Å². The number of likely N-dealkylation sites (tertiary alicyclic amines) is 1. The van der Waals surface area contributed by atoms with Gasteiger partial charge in [0.05, 0.1) is 29.3 Å². The molecule has 1 fully saturated rings. The highest BCUT2D eigenvalue weighted by Gasteiger charge is 2.28. The Morgan fingerprint density at radius 3 is 2.56 bits per heavy atom. The van der Waals surface area contributed by atoms with Gasteiger partial charge in [-0.2, -0.15) is 5.10 Å². The molecular formula is C27H34N6O3. The Bertz CT molecular complexity index is 1260. The summed E-state index contributed by atoms with van der Waals surface area (Å²) in [5.41, 5.74) is 9.39. The number of hydrogen-bond donors (Lipinski definition) is 2. The van der Waals surface area contributed by atoms with Gasteiger partial charge in [-0.1, -0.05) is 12.1 Å². The molecule has 0 aliphatic carbocycles. The molecule has 1 saturated heterocycles. The van der Waals surface area contributed by atoms with Crippen LogP contribution < -0.4 is 11.1 Å². The highest BCUT2D eigenvalue weighted by Crippen LogP contribution is 2.27. The maximum absolute atomic E-state index is 12.3. The molecule has 0 spiro atoms. The molecular weight excluding hydrogens is 456 g/mol. The van der Waals surface area contributed by atoms with E-state index < -0.39 is 5.60 Å². The molecule has 190 valence electrons. The number of para-hydroxylation sites is 2. The summed E-state index contributed by atoms with van der Waals surface area (Å²) in [6, 6.07) is 11.4. The molecule has 3 aromatic rings. The van der Waals surface area contributed by atoms with Crippen LogP contribution in [0.5, 0.6) is 0 Å². The van der Waals surface area contributed by atoms with Crippen LogP contribution in [0.25, 0.3) is 17.3 Å². The number of anilines is 2. The van der Waals surface area contributed by atoms with Gasteiger partial charge >= 0.3 is 6.09 Å². The second kappa shape index (κ2) is 10.3. The van der Waals surface area contributed by atoms with Gasteiger partial charge in [0.25, 0.3) is 0 Å². The summed E-state index contributed by atoms with van der Waals surface area (Å²) in [7, 11) is 1.96. The smallest absolute Gasteiger partial charge is 0.410 e. The number of benzene rings is 1. The van der Waals surface area contributed by atoms with Crippen LogP contribution in [-0.2, 0) is 16.6 Å². The van der Waals surface area contributed by atoms with Gasteiger partial charge in [-0.15, -0.1) is 0 Å². The molecule has 0 bridgehead atoms. The lowest BCUT2D eigenvalue weighted by molar-refractivity contribution is -0.111. The molecule has 1 aromatic carbocycles. The highest BCUT2D eigenvalue weighted by atomic mass is 16.6. The molecule has 9 nitrogen and oxygen atoms in total. The van der Waals surface area contributed by atoms with Crippen molar-refractivity contribution in [2.75, 3.05) is 24.1 Å². The van der Waals surface area contributed by atoms with Crippen LogP contribution in [0, 0.1) is 0 Å². The summed E-state index contributed by atoms with van der Waals surface area (Å²) in [5.74, 6) is -0.249. The quantitative estimate of drug-likeness (QED) is 0.398. The van der Waals surface area contributed by atoms with Gasteiger partial charge in [0.15, 0.2) is 0 Å². The topological polar surface area (TPSA) is 107 Å². The summed E-state index contributed by atoms with van der Waals surface area (Å²) in [6.07, 6.45) is 8.55. The minimum atomic E-state index is -0.492. The van der Waals surface area contributed by atoms with E-state index in [0.29, 0.717) is 24.5 Å². The maximum Gasteiger partial charge on any atom is 0.410 e. The lowest BCUT2D eigenvalue weighted by Crippen LogP contribution is -2.42. The third-order valence-electron chi connectivity index (χ3n) is 6.17. The highest BCUT2D eigenvalue weighted by molar-refractivity contribution is 6.03. The lowest BCUT2D eigenvalue weighted by Gasteiger charge is -2.33. The van der Waals surface area contributed by atoms with Crippen molar-refractivity contribution in [1.29, 1.82) is 0 Å². The van der Waals surface area contributed by atoms with Crippen LogP contribution in [0.15, 0.2) is 54.9 Å². The molecule has 1 aliphatic rings. The van der Waals surface area contributed by atoms with Gasteiger partial charge in [0.1, 0.15) is 5.60 Å². The first-order chi connectivity index (χ1) is 17.1. The molecule has 0 radical (unpaired) electrons. The number of nitrogens with two attached hydrogens (primary N) is 1. The summed E-state index contributed by atoms with van der Waals surface area (Å²) in [6.45, 7) is 6.92. The first kappa shape index (κ1) is 25.1. The van der Waals surface area contributed by atoms with Gasteiger partial charge < -0.3 is 25.3 Å². The number of piperidine rings is 1. The van der Waals surface area contributed by atoms with E-state index in [1.54, 1.807) is 23.1 Å². The average molecular weight is 491 g/mol. The molecule has 0 atom stereocenters. The third-order valence-corrected chi connectivity index (χ3v) is 6.17. The Labute approximate surface area is 211 Å². The Morgan fingerprint density at radius 2 is 1.86 bits per heavy atom. The molecule has 2 amide bonds. The molecule has 3 heterocycles. The number of nitrogens with zero attached hydrogens (tertiary/aromatic N) is 4. The van der Waals surface area contributed by atoms with E-state index in [1.807, 2.05) is 73.7 Å². The van der Waals surface area contributed by atoms with Crippen molar-refractivity contribution in [3.8, 4) is 11.3 Å². The number of carbonyl (C=O) groups is 2. The van der Waals surface area contributed by atoms with Crippen LogP contribution in [0.4, 0.5) is 16.2 Å². The maximum atomic E-state index is 12.3. The molecule has 2 aromatic heterocycles. The SMILES string of the molecule is Cn1c(/C=C/C(=O)Nc2ccccc2N)ccc1-c1cnn(C2CCN(C(=O)OC(C)(C)C)CC2)c1. The van der Waals surface area contributed by atoms with Crippen LogP contribution in [0.3, 0.4) is 0 Å². The van der Waals surface area contributed by atoms with E-state index >= 15 is 0 Å². The minimum Gasteiger partial charge on any atom is -0.444 e. The van der Waals surface area contributed by atoms with E-state index in [1.165, 1.54) is 6.08 Å². The Balaban J connectivity index is 1.37. The van der Waals surface area contributed by atoms with Crippen molar-refractivity contribution in [3.05, 3.63) is 60.6 Å². The molecule has 4 rings (SSSR count). The first-order valence-electron chi connectivity index (χ1n) is 12.1. The van der Waals surface area contributed by atoms with E-state index in [2.05, 4.69) is 10.4 Å². The van der Waals surface area contributed by atoms with Gasteiger partial charge in [-0.05, 0) is 64.0 Å². The standard InChI is InChI=1S/C27H34N6O3/c1-27(2,3)36-26(35)32-15-13-21(14-16-32)33-18-19(17-29-33)24-11-9-20(31(24)4)10-12-25(34)30-23-8-6-5-7-22(23)28/h5-12,17-18,21H,13-16,28H2,1-4H3,(H,30,34)/b12-10+. The molecule has 0 unspecified atom stereocenters. The summed E-state index contributed by atoms with van der Waals surface area (Å²) < 4.78 is 9.50. The predicted molar refractivity (Wildman–Crippen MR) is 141 cm³/mol. The fourth-order valence-electron chi connectivity index (χ4n) is 4.24. The zero-order valence-electron chi connectivity index (χ0n) is 21.3. The number of aromatic nitrogens is 3. The van der Waals surface area contributed by atoms with Gasteiger partial charge in [-0.3, -0.25) is 9.48 Å². The van der Waals surface area contributed by atoms with Gasteiger partial charge in [0.2, 0.25) is 5.91 Å². The molecule has 9 heteroatoms. The third kappa shape index (κ3) is 5.97. The van der Waals surface area contributed by atoms with Gasteiger partial charge in [0, 0.05) is 43.7 Å². The number of amides is 2. The predicted octanol–water partition coefficient (Wildman–Crippen LogP) is 4.69. The Hall–Kier alpha value is -4.01. The monoisotopic (exact) mass is 490 g/mol. The summed E-state index contributed by atoms with van der Waals surface area (Å²) in [5, 5.41) is 7.39. The van der Waals surface area contributed by atoms with Crippen molar-refractivity contribution in [3.63, 3.8) is 0 Å². The molecule has 36 heavy (non-hydrogen) atoms. The van der Waals surface area contributed by atoms with Crippen molar-refractivity contribution in [2.24, 2.45) is 7.05 Å². The molecule has 1 aliphatic heterocycles. The van der Waals surface area contributed by atoms with Gasteiger partial charge in [-0.25, -0.2) is 4.79 Å². The Morgan fingerprint density at radius 1 is 1.14 bits per heavy atom. The van der Waals surface area contributed by atoms with Crippen molar-refractivity contribution in [1.82, 2.24) is 19.2 Å². The van der Waals surface area contributed by atoms with E-state index in [0.717, 1.165) is 29.8 Å². The van der Waals surface area contributed by atoms with E-state index in [4.69, 9.17) is 10.5 Å². The summed E-state index contributed by atoms with van der Waals surface area (Å²) >= 11 is 0. The van der Waals surface area contributed by atoms with Crippen LogP contribution >= 0.6 is 0 Å². The number of nitrogens with one attached hydrogen (secondary N) is 1. The average Bonchev–Trinajstić information content (AvgIpc) is 3.45. The second-order valence-electron chi connectivity index (χ2n) is 10.0. The fourth-order valence-corrected chi connectivity index (χ4v) is 4.24. The molecule has 0 saturated carbocycles. The minimum absolute atomic E-state index is 0.228. The van der Waals surface area contributed by atoms with Crippen LogP contribution in [-0.4, -0.2) is 49.9 Å². The summed E-state index contributed by atoms with van der Waals surface area (Å²) in [4.78, 5) is 26.4. The largest absolute Gasteiger partial charge is 0.444 e. The van der Waals surface area contributed by atoms with Crippen molar-refractivity contribution < 1.29 is 14.3 Å².